The summed E-state index contributed by atoms with van der Waals surface area (Å²) in [5.41, 5.74) is 0.750. The van der Waals surface area contributed by atoms with Crippen LogP contribution in [0.25, 0.3) is 0 Å². The fourth-order valence-corrected chi connectivity index (χ4v) is 0. The van der Waals surface area contributed by atoms with E-state index in [1.54, 1.807) is 0 Å². The van der Waals surface area contributed by atoms with Crippen LogP contribution in [0, 0.1) is 0 Å². The Kier molecular flexibility index (Phi) is 1.61. The van der Waals surface area contributed by atoms with Crippen molar-refractivity contribution in [3.8, 4) is 0 Å². The Hall–Kier alpha value is 0.217. The molecule has 0 saturated heterocycles. The molecule has 0 fully saturated rings. The van der Waals surface area contributed by atoms with Gasteiger partial charge in [0.05, 0.1) is 0 Å². The molecule has 0 spiro atoms. The zero-order chi connectivity index (χ0) is 3.58. The highest BCUT2D eigenvalue weighted by Gasteiger charge is 1.69. The molecule has 0 saturated carbocycles. The lowest BCUT2D eigenvalue weighted by Crippen LogP contribution is -1.67. The normalized spacial score (nSPS) is 9.00. The minimum atomic E-state index is 0.750. The lowest BCUT2D eigenvalue weighted by Gasteiger charge is -1.78. The van der Waals surface area contributed by atoms with Gasteiger partial charge in [-0.2, -0.15) is 0 Å². The van der Waals surface area contributed by atoms with Crippen molar-refractivity contribution >= 4 is 10.2 Å². The van der Waals surface area contributed by atoms with Crippen LogP contribution in [0.2, 0.25) is 5.54 Å². The largest absolute Gasteiger partial charge is 0.0659 e. The molecule has 0 nitrogen and oxygen atoms in total. The predicted octanol–water partition coefficient (Wildman–Crippen LogP) is 0.716. The van der Waals surface area contributed by atoms with E-state index in [1.807, 2.05) is 0 Å². The summed E-state index contributed by atoms with van der Waals surface area (Å²) in [6.45, 7) is 4.26. The molecule has 0 rings (SSSR count). The molecular weight excluding hydrogens is 64.1 g/mol. The van der Waals surface area contributed by atoms with Crippen molar-refractivity contribution in [2.75, 3.05) is 0 Å². The Labute approximate surface area is 30.6 Å². The van der Waals surface area contributed by atoms with E-state index in [9.17, 15) is 0 Å². The molecule has 0 aliphatic carbocycles. The highest BCUT2D eigenvalue weighted by atomic mass is 28.1. The summed E-state index contributed by atoms with van der Waals surface area (Å²) < 4.78 is 0. The van der Waals surface area contributed by atoms with E-state index >= 15 is 0 Å². The molecular formula is C3H8Si. The van der Waals surface area contributed by atoms with E-state index in [0.717, 1.165) is 5.54 Å². The van der Waals surface area contributed by atoms with Gasteiger partial charge in [-0.05, 0) is 0 Å². The Morgan fingerprint density at radius 2 is 1.50 bits per heavy atom. The average Bonchev–Trinajstić information content (AvgIpc) is 0.811. The Morgan fingerprint density at radius 3 is 1.50 bits per heavy atom. The maximum absolute atomic E-state index is 2.66. The van der Waals surface area contributed by atoms with Crippen LogP contribution >= 0.6 is 0 Å². The van der Waals surface area contributed by atoms with Crippen molar-refractivity contribution in [1.82, 2.24) is 0 Å². The fourth-order valence-electron chi connectivity index (χ4n) is 0. The Bertz CT molecular complexity index is 8.00. The molecule has 0 bridgehead atoms. The first-order valence-corrected chi connectivity index (χ1v) is 2.15. The minimum absolute atomic E-state index is 0.750. The molecule has 0 N–H and O–H groups in total. The molecule has 0 unspecified atom stereocenters. The third-order valence-electron chi connectivity index (χ3n) is 0. The minimum Gasteiger partial charge on any atom is -0.0659 e. The van der Waals surface area contributed by atoms with Gasteiger partial charge in [-0.1, -0.05) is 19.4 Å². The molecule has 0 aliphatic heterocycles. The smallest absolute Gasteiger partial charge is 0.0179 e. The molecule has 0 amide bonds. The highest BCUT2D eigenvalue weighted by Crippen LogP contribution is 1.84. The monoisotopic (exact) mass is 72.0 g/mol. The van der Waals surface area contributed by atoms with Crippen molar-refractivity contribution in [2.24, 2.45) is 0 Å². The van der Waals surface area contributed by atoms with Crippen LogP contribution in [-0.4, -0.2) is 10.2 Å². The molecule has 1 heteroatoms. The van der Waals surface area contributed by atoms with Gasteiger partial charge >= 0.3 is 0 Å². The van der Waals surface area contributed by atoms with Crippen LogP contribution in [0.5, 0.6) is 0 Å². The van der Waals surface area contributed by atoms with Crippen LogP contribution in [0.1, 0.15) is 13.8 Å². The zero-order valence-corrected chi connectivity index (χ0v) is 4.31. The molecule has 0 heterocycles. The third kappa shape index (κ3) is 69.8. The van der Waals surface area contributed by atoms with E-state index in [-0.39, 0.29) is 0 Å². The predicted molar refractivity (Wildman–Crippen MR) is 22.2 cm³/mol. The molecule has 0 atom stereocenters. The number of hydrogen-bond donors (Lipinski definition) is 0. The van der Waals surface area contributed by atoms with E-state index in [0.29, 0.717) is 0 Å². The van der Waals surface area contributed by atoms with Gasteiger partial charge in [0.1, 0.15) is 0 Å². The van der Waals surface area contributed by atoms with Gasteiger partial charge in [-0.25, -0.2) is 0 Å². The quantitative estimate of drug-likeness (QED) is 0.370. The van der Waals surface area contributed by atoms with Gasteiger partial charge in [0.2, 0.25) is 0 Å². The van der Waals surface area contributed by atoms with Crippen LogP contribution in [0.15, 0.2) is 0 Å². The lowest BCUT2D eigenvalue weighted by atomic mass is 10.6. The summed E-state index contributed by atoms with van der Waals surface area (Å²) in [6.07, 6.45) is 0. The SMILES string of the molecule is CC(C)[SiH]. The van der Waals surface area contributed by atoms with E-state index in [4.69, 9.17) is 0 Å². The first-order valence-electron chi connectivity index (χ1n) is 1.49. The summed E-state index contributed by atoms with van der Waals surface area (Å²) in [7, 11) is 2.66. The molecule has 2 radical (unpaired) electrons. The van der Waals surface area contributed by atoms with Crippen molar-refractivity contribution in [2.45, 2.75) is 19.4 Å². The Morgan fingerprint density at radius 1 is 1.50 bits per heavy atom. The second-order valence-electron chi connectivity index (χ2n) is 1.24. The first-order chi connectivity index (χ1) is 1.73. The van der Waals surface area contributed by atoms with E-state index in [2.05, 4.69) is 24.1 Å². The Balaban J connectivity index is 2.32. The van der Waals surface area contributed by atoms with Crippen LogP contribution in [0.4, 0.5) is 0 Å². The second-order valence-corrected chi connectivity index (χ2v) is 2.58. The molecule has 24 valence electrons. The summed E-state index contributed by atoms with van der Waals surface area (Å²) >= 11 is 0. The van der Waals surface area contributed by atoms with Crippen LogP contribution in [-0.2, 0) is 0 Å². The molecule has 0 aromatic carbocycles. The highest BCUT2D eigenvalue weighted by molar-refractivity contribution is 6.10. The van der Waals surface area contributed by atoms with Crippen molar-refractivity contribution < 1.29 is 0 Å². The van der Waals surface area contributed by atoms with Crippen molar-refractivity contribution in [3.05, 3.63) is 0 Å². The first kappa shape index (κ1) is 4.22. The summed E-state index contributed by atoms with van der Waals surface area (Å²) in [5.74, 6) is 0. The topological polar surface area (TPSA) is 0 Å². The van der Waals surface area contributed by atoms with E-state index in [1.165, 1.54) is 0 Å². The van der Waals surface area contributed by atoms with Gasteiger partial charge in [0.25, 0.3) is 0 Å². The van der Waals surface area contributed by atoms with Gasteiger partial charge < -0.3 is 0 Å². The zero-order valence-electron chi connectivity index (χ0n) is 3.15. The number of rotatable bonds is 0. The van der Waals surface area contributed by atoms with Crippen molar-refractivity contribution in [1.29, 1.82) is 0 Å². The molecule has 0 aliphatic rings. The molecule has 0 aromatic heterocycles. The van der Waals surface area contributed by atoms with Gasteiger partial charge in [0.15, 0.2) is 0 Å². The second kappa shape index (κ2) is 1.53. The maximum Gasteiger partial charge on any atom is 0.0179 e. The van der Waals surface area contributed by atoms with Gasteiger partial charge in [-0.3, -0.25) is 0 Å². The van der Waals surface area contributed by atoms with Gasteiger partial charge in [0, 0.05) is 10.2 Å². The summed E-state index contributed by atoms with van der Waals surface area (Å²) in [5, 5.41) is 0. The summed E-state index contributed by atoms with van der Waals surface area (Å²) in [6, 6.07) is 0. The van der Waals surface area contributed by atoms with Crippen LogP contribution < -0.4 is 0 Å². The average molecular weight is 72.2 g/mol. The van der Waals surface area contributed by atoms with Gasteiger partial charge in [-0.15, -0.1) is 0 Å². The molecule has 4 heavy (non-hydrogen) atoms. The summed E-state index contributed by atoms with van der Waals surface area (Å²) in [4.78, 5) is 0. The standard InChI is InChI=1S/C3H8Si/c1-3(2)4/h3-4H,1-2H3. The fraction of sp³-hybridized carbons (Fsp3) is 1.00. The van der Waals surface area contributed by atoms with E-state index < -0.39 is 0 Å². The van der Waals surface area contributed by atoms with Crippen molar-refractivity contribution in [3.63, 3.8) is 0 Å². The van der Waals surface area contributed by atoms with Crippen LogP contribution in [0.3, 0.4) is 0 Å². The lowest BCUT2D eigenvalue weighted by molar-refractivity contribution is 1.08. The molecule has 0 aromatic rings. The number of hydrogen-bond acceptors (Lipinski definition) is 0. The third-order valence-corrected chi connectivity index (χ3v) is 0. The maximum atomic E-state index is 2.66.